The molecule has 0 amide bonds. The number of nitrogens with zero attached hydrogens (tertiary/aromatic N) is 3. The van der Waals surface area contributed by atoms with Crippen LogP contribution in [0.25, 0.3) is 10.4 Å². The van der Waals surface area contributed by atoms with Crippen LogP contribution >= 0.6 is 0 Å². The summed E-state index contributed by atoms with van der Waals surface area (Å²) < 4.78 is 0. The van der Waals surface area contributed by atoms with Crippen LogP contribution < -0.4 is 5.73 Å². The Kier molecular flexibility index (Phi) is 5.00. The van der Waals surface area contributed by atoms with Gasteiger partial charge in [0.05, 0.1) is 6.54 Å². The van der Waals surface area contributed by atoms with Crippen molar-refractivity contribution >= 4 is 5.97 Å². The molecule has 0 bridgehead atoms. The van der Waals surface area contributed by atoms with E-state index in [9.17, 15) is 4.79 Å². The molecule has 6 heteroatoms. The fraction of sp³-hybridized carbons (Fsp3) is 0.364. The van der Waals surface area contributed by atoms with Crippen molar-refractivity contribution in [1.82, 2.24) is 0 Å². The van der Waals surface area contributed by atoms with E-state index in [0.29, 0.717) is 19.4 Å². The molecule has 0 fully saturated rings. The molecular formula is C11H14N4O2. The predicted molar refractivity (Wildman–Crippen MR) is 63.2 cm³/mol. The highest BCUT2D eigenvalue weighted by molar-refractivity contribution is 5.73. The quantitative estimate of drug-likeness (QED) is 0.444. The summed E-state index contributed by atoms with van der Waals surface area (Å²) in [4.78, 5) is 13.2. The van der Waals surface area contributed by atoms with Crippen LogP contribution in [0.3, 0.4) is 0 Å². The van der Waals surface area contributed by atoms with Gasteiger partial charge in [-0.15, -0.1) is 0 Å². The summed E-state index contributed by atoms with van der Waals surface area (Å²) in [6.07, 6.45) is 1.03. The predicted octanol–water partition coefficient (Wildman–Crippen LogP) is 1.84. The Balaban J connectivity index is 2.50. The molecule has 90 valence electrons. The molecule has 1 aromatic carbocycles. The topological polar surface area (TPSA) is 112 Å². The molecule has 0 aliphatic rings. The number of aryl methyl sites for hydroxylation is 1. The Labute approximate surface area is 98.7 Å². The van der Waals surface area contributed by atoms with Crippen LogP contribution in [0.5, 0.6) is 0 Å². The largest absolute Gasteiger partial charge is 0.480 e. The first-order chi connectivity index (χ1) is 8.13. The number of hydrogen-bond acceptors (Lipinski definition) is 3. The van der Waals surface area contributed by atoms with Gasteiger partial charge in [0.25, 0.3) is 0 Å². The molecular weight excluding hydrogens is 220 g/mol. The number of nitrogens with two attached hydrogens (primary N) is 1. The molecule has 3 N–H and O–H groups in total. The Morgan fingerprint density at radius 2 is 2.00 bits per heavy atom. The van der Waals surface area contributed by atoms with Gasteiger partial charge in [0, 0.05) is 4.91 Å². The second kappa shape index (κ2) is 6.52. The lowest BCUT2D eigenvalue weighted by Crippen LogP contribution is -2.30. The van der Waals surface area contributed by atoms with E-state index in [4.69, 9.17) is 16.4 Å². The van der Waals surface area contributed by atoms with Crippen LogP contribution in [-0.4, -0.2) is 17.1 Å². The molecule has 0 aromatic heterocycles. The highest BCUT2D eigenvalue weighted by Gasteiger charge is 2.10. The number of benzene rings is 1. The maximum absolute atomic E-state index is 10.5. The highest BCUT2D eigenvalue weighted by atomic mass is 16.4. The first-order valence-electron chi connectivity index (χ1n) is 5.20. The average molecular weight is 234 g/mol. The second-order valence-electron chi connectivity index (χ2n) is 3.69. The fourth-order valence-electron chi connectivity index (χ4n) is 1.37. The Morgan fingerprint density at radius 3 is 2.53 bits per heavy atom. The molecule has 0 saturated carbocycles. The van der Waals surface area contributed by atoms with E-state index in [1.807, 2.05) is 24.3 Å². The van der Waals surface area contributed by atoms with Gasteiger partial charge in [0.15, 0.2) is 0 Å². The summed E-state index contributed by atoms with van der Waals surface area (Å²) in [5.41, 5.74) is 15.5. The van der Waals surface area contributed by atoms with Gasteiger partial charge in [0.1, 0.15) is 6.04 Å². The van der Waals surface area contributed by atoms with Gasteiger partial charge >= 0.3 is 5.97 Å². The van der Waals surface area contributed by atoms with Crippen molar-refractivity contribution in [1.29, 1.82) is 0 Å². The monoisotopic (exact) mass is 234 g/mol. The third-order valence-electron chi connectivity index (χ3n) is 2.40. The van der Waals surface area contributed by atoms with Crippen molar-refractivity contribution < 1.29 is 9.90 Å². The second-order valence-corrected chi connectivity index (χ2v) is 3.69. The lowest BCUT2D eigenvalue weighted by Gasteiger charge is -2.06. The minimum Gasteiger partial charge on any atom is -0.480 e. The molecule has 1 atom stereocenters. The van der Waals surface area contributed by atoms with Crippen molar-refractivity contribution in [2.75, 3.05) is 0 Å². The van der Waals surface area contributed by atoms with Gasteiger partial charge in [-0.25, -0.2) is 0 Å². The van der Waals surface area contributed by atoms with E-state index in [1.165, 1.54) is 0 Å². The van der Waals surface area contributed by atoms with Crippen molar-refractivity contribution in [2.24, 2.45) is 10.8 Å². The molecule has 6 nitrogen and oxygen atoms in total. The summed E-state index contributed by atoms with van der Waals surface area (Å²) in [5.74, 6) is -0.982. The molecule has 0 unspecified atom stereocenters. The first-order valence-corrected chi connectivity index (χ1v) is 5.20. The molecule has 0 aliphatic heterocycles. The van der Waals surface area contributed by atoms with Crippen LogP contribution in [0.2, 0.25) is 0 Å². The lowest BCUT2D eigenvalue weighted by molar-refractivity contribution is -0.138. The van der Waals surface area contributed by atoms with E-state index in [0.717, 1.165) is 11.1 Å². The number of aliphatic carboxylic acids is 1. The maximum Gasteiger partial charge on any atom is 0.320 e. The Bertz CT molecular complexity index is 424. The van der Waals surface area contributed by atoms with E-state index in [-0.39, 0.29) is 0 Å². The van der Waals surface area contributed by atoms with E-state index in [1.54, 1.807) is 0 Å². The summed E-state index contributed by atoms with van der Waals surface area (Å²) >= 11 is 0. The van der Waals surface area contributed by atoms with Crippen molar-refractivity contribution in [3.8, 4) is 0 Å². The van der Waals surface area contributed by atoms with Crippen LogP contribution in [-0.2, 0) is 17.8 Å². The van der Waals surface area contributed by atoms with Gasteiger partial charge in [-0.2, -0.15) is 0 Å². The third kappa shape index (κ3) is 4.55. The average Bonchev–Trinajstić information content (AvgIpc) is 2.34. The normalized spacial score (nSPS) is 11.6. The van der Waals surface area contributed by atoms with Crippen LogP contribution in [0.4, 0.5) is 0 Å². The minimum atomic E-state index is -0.982. The molecule has 17 heavy (non-hydrogen) atoms. The molecule has 0 radical (unpaired) electrons. The molecule has 1 rings (SSSR count). The fourth-order valence-corrected chi connectivity index (χ4v) is 1.37. The van der Waals surface area contributed by atoms with Crippen molar-refractivity contribution in [3.63, 3.8) is 0 Å². The molecule has 0 spiro atoms. The number of carboxylic acid groups (broad SMARTS) is 1. The SMILES string of the molecule is [N-]=[N+]=NCc1ccc(CC[C@H](N)C(=O)O)cc1. The number of hydrogen-bond donors (Lipinski definition) is 2. The number of carboxylic acids is 1. The van der Waals surface area contributed by atoms with E-state index >= 15 is 0 Å². The summed E-state index contributed by atoms with van der Waals surface area (Å²) in [6, 6.07) is 6.66. The molecule has 0 heterocycles. The summed E-state index contributed by atoms with van der Waals surface area (Å²) in [6.45, 7) is 0.325. The van der Waals surface area contributed by atoms with Gasteiger partial charge in [0.2, 0.25) is 0 Å². The highest BCUT2D eigenvalue weighted by Crippen LogP contribution is 2.08. The standard InChI is InChI=1S/C11H14N4O2/c12-10(11(16)17)6-5-8-1-3-9(4-2-8)7-14-15-13/h1-4,10H,5-7,12H2,(H,16,17)/t10-/m0/s1. The molecule has 0 aliphatic carbocycles. The summed E-state index contributed by atoms with van der Waals surface area (Å²) in [7, 11) is 0. The zero-order valence-electron chi connectivity index (χ0n) is 9.28. The Hall–Kier alpha value is -2.04. The van der Waals surface area contributed by atoms with Crippen LogP contribution in [0.15, 0.2) is 29.4 Å². The van der Waals surface area contributed by atoms with E-state index < -0.39 is 12.0 Å². The van der Waals surface area contributed by atoms with Crippen molar-refractivity contribution in [3.05, 3.63) is 45.8 Å². The van der Waals surface area contributed by atoms with Gasteiger partial charge in [-0.1, -0.05) is 29.4 Å². The third-order valence-corrected chi connectivity index (χ3v) is 2.40. The zero-order chi connectivity index (χ0) is 12.7. The number of carbonyl (C=O) groups is 1. The maximum atomic E-state index is 10.5. The number of azide groups is 1. The van der Waals surface area contributed by atoms with Crippen LogP contribution in [0, 0.1) is 0 Å². The minimum absolute atomic E-state index is 0.325. The van der Waals surface area contributed by atoms with Crippen LogP contribution in [0.1, 0.15) is 17.5 Å². The van der Waals surface area contributed by atoms with Gasteiger partial charge in [-0.05, 0) is 29.5 Å². The Morgan fingerprint density at radius 1 is 1.41 bits per heavy atom. The lowest BCUT2D eigenvalue weighted by atomic mass is 10.0. The summed E-state index contributed by atoms with van der Waals surface area (Å²) in [5, 5.41) is 12.1. The zero-order valence-corrected chi connectivity index (χ0v) is 9.28. The van der Waals surface area contributed by atoms with Crippen molar-refractivity contribution in [2.45, 2.75) is 25.4 Å². The van der Waals surface area contributed by atoms with Gasteiger partial charge in [-0.3, -0.25) is 4.79 Å². The number of rotatable bonds is 6. The smallest absolute Gasteiger partial charge is 0.320 e. The van der Waals surface area contributed by atoms with Gasteiger partial charge < -0.3 is 10.8 Å². The van der Waals surface area contributed by atoms with E-state index in [2.05, 4.69) is 10.0 Å². The first kappa shape index (κ1) is 13.0. The molecule has 0 saturated heterocycles. The molecule has 1 aromatic rings.